The molecule has 0 saturated carbocycles. The summed E-state index contributed by atoms with van der Waals surface area (Å²) < 4.78 is 56.5. The SMILES string of the molecule is O=C1O[C@@H](CO)CN1c1cc(F)c(N2CCS(=O)(=O)CC2)c(F)c1. The van der Waals surface area contributed by atoms with Crippen LogP contribution in [-0.2, 0) is 14.6 Å². The lowest BCUT2D eigenvalue weighted by atomic mass is 10.2. The molecule has 1 aromatic carbocycles. The number of sulfone groups is 1. The van der Waals surface area contributed by atoms with Gasteiger partial charge in [0, 0.05) is 25.2 Å². The molecule has 2 saturated heterocycles. The molecule has 2 fully saturated rings. The molecule has 2 aliphatic rings. The van der Waals surface area contributed by atoms with Gasteiger partial charge in [-0.2, -0.15) is 0 Å². The minimum atomic E-state index is -3.17. The third-order valence-electron chi connectivity index (χ3n) is 4.05. The molecule has 132 valence electrons. The number of anilines is 2. The van der Waals surface area contributed by atoms with Gasteiger partial charge >= 0.3 is 6.09 Å². The van der Waals surface area contributed by atoms with Crippen LogP contribution in [0, 0.1) is 11.6 Å². The van der Waals surface area contributed by atoms with E-state index in [0.29, 0.717) is 0 Å². The van der Waals surface area contributed by atoms with Gasteiger partial charge in [-0.25, -0.2) is 22.0 Å². The van der Waals surface area contributed by atoms with Crippen molar-refractivity contribution in [3.05, 3.63) is 23.8 Å². The van der Waals surface area contributed by atoms with E-state index in [9.17, 15) is 22.0 Å². The number of cyclic esters (lactones) is 1. The summed E-state index contributed by atoms with van der Waals surface area (Å²) in [6.07, 6.45) is -1.53. The number of halogens is 2. The van der Waals surface area contributed by atoms with E-state index < -0.39 is 33.7 Å². The smallest absolute Gasteiger partial charge is 0.414 e. The number of carbonyl (C=O) groups is 1. The second kappa shape index (κ2) is 6.17. The van der Waals surface area contributed by atoms with Gasteiger partial charge in [-0.15, -0.1) is 0 Å². The Morgan fingerprint density at radius 3 is 2.29 bits per heavy atom. The molecular formula is C14H16F2N2O5S. The van der Waals surface area contributed by atoms with Crippen LogP contribution in [0.15, 0.2) is 12.1 Å². The van der Waals surface area contributed by atoms with Gasteiger partial charge in [0.2, 0.25) is 0 Å². The maximum Gasteiger partial charge on any atom is 0.414 e. The van der Waals surface area contributed by atoms with Crippen molar-refractivity contribution in [3.63, 3.8) is 0 Å². The molecule has 1 aromatic rings. The molecule has 1 amide bonds. The van der Waals surface area contributed by atoms with Gasteiger partial charge in [-0.3, -0.25) is 4.90 Å². The maximum absolute atomic E-state index is 14.4. The van der Waals surface area contributed by atoms with Crippen LogP contribution in [0.2, 0.25) is 0 Å². The first-order valence-corrected chi connectivity index (χ1v) is 9.16. The third kappa shape index (κ3) is 3.16. The van der Waals surface area contributed by atoms with Gasteiger partial charge in [0.25, 0.3) is 0 Å². The predicted octanol–water partition coefficient (Wildman–Crippen LogP) is 0.517. The fraction of sp³-hybridized carbons (Fsp3) is 0.500. The molecule has 3 rings (SSSR count). The van der Waals surface area contributed by atoms with Crippen LogP contribution < -0.4 is 9.80 Å². The molecule has 1 N–H and O–H groups in total. The molecule has 10 heteroatoms. The van der Waals surface area contributed by atoms with Crippen LogP contribution in [0.5, 0.6) is 0 Å². The number of aliphatic hydroxyl groups is 1. The van der Waals surface area contributed by atoms with Crippen LogP contribution in [0.1, 0.15) is 0 Å². The molecule has 0 unspecified atom stereocenters. The average Bonchev–Trinajstić information content (AvgIpc) is 2.89. The lowest BCUT2D eigenvalue weighted by Gasteiger charge is -2.29. The third-order valence-corrected chi connectivity index (χ3v) is 5.66. The Labute approximate surface area is 137 Å². The number of aliphatic hydroxyl groups excluding tert-OH is 1. The summed E-state index contributed by atoms with van der Waals surface area (Å²) in [5.41, 5.74) is -0.320. The summed E-state index contributed by atoms with van der Waals surface area (Å²) in [5.74, 6) is -2.09. The van der Waals surface area contributed by atoms with Gasteiger partial charge < -0.3 is 14.7 Å². The summed E-state index contributed by atoms with van der Waals surface area (Å²) in [7, 11) is -3.17. The molecular weight excluding hydrogens is 346 g/mol. The van der Waals surface area contributed by atoms with E-state index in [4.69, 9.17) is 9.84 Å². The summed E-state index contributed by atoms with van der Waals surface area (Å²) >= 11 is 0. The summed E-state index contributed by atoms with van der Waals surface area (Å²) in [6, 6.07) is 2.01. The van der Waals surface area contributed by atoms with Crippen molar-refractivity contribution in [3.8, 4) is 0 Å². The van der Waals surface area contributed by atoms with Crippen molar-refractivity contribution in [2.24, 2.45) is 0 Å². The lowest BCUT2D eigenvalue weighted by molar-refractivity contribution is 0.0963. The molecule has 2 aliphatic heterocycles. The first kappa shape index (κ1) is 16.9. The van der Waals surface area contributed by atoms with Crippen LogP contribution in [0.25, 0.3) is 0 Å². The van der Waals surface area contributed by atoms with Crippen LogP contribution in [0.3, 0.4) is 0 Å². The molecule has 0 bridgehead atoms. The summed E-state index contributed by atoms with van der Waals surface area (Å²) in [4.78, 5) is 14.1. The summed E-state index contributed by atoms with van der Waals surface area (Å²) in [5, 5.41) is 9.01. The van der Waals surface area contributed by atoms with Crippen molar-refractivity contribution in [1.29, 1.82) is 0 Å². The standard InChI is InChI=1S/C14H16F2N2O5S/c15-11-5-9(18-7-10(8-19)23-14(18)20)6-12(16)13(11)17-1-3-24(21,22)4-2-17/h5-6,10,19H,1-4,7-8H2/t10-/m1/s1. The number of benzene rings is 1. The number of amides is 1. The Bertz CT molecular complexity index is 733. The fourth-order valence-corrected chi connectivity index (χ4v) is 3.97. The Kier molecular flexibility index (Phi) is 4.35. The first-order chi connectivity index (χ1) is 11.3. The van der Waals surface area contributed by atoms with Crippen molar-refractivity contribution in [2.45, 2.75) is 6.10 Å². The van der Waals surface area contributed by atoms with Gasteiger partial charge in [0.15, 0.2) is 21.5 Å². The van der Waals surface area contributed by atoms with Gasteiger partial charge in [0.05, 0.1) is 30.3 Å². The topological polar surface area (TPSA) is 87.2 Å². The molecule has 2 heterocycles. The number of ether oxygens (including phenoxy) is 1. The fourth-order valence-electron chi connectivity index (χ4n) is 2.77. The van der Waals surface area contributed by atoms with E-state index >= 15 is 0 Å². The zero-order chi connectivity index (χ0) is 17.5. The van der Waals surface area contributed by atoms with E-state index in [2.05, 4.69) is 0 Å². The Morgan fingerprint density at radius 2 is 1.79 bits per heavy atom. The number of hydrogen-bond donors (Lipinski definition) is 1. The number of hydrogen-bond acceptors (Lipinski definition) is 6. The molecule has 0 aliphatic carbocycles. The highest BCUT2D eigenvalue weighted by Crippen LogP contribution is 2.31. The van der Waals surface area contributed by atoms with Gasteiger partial charge in [-0.05, 0) is 0 Å². The maximum atomic E-state index is 14.4. The minimum absolute atomic E-state index is 0.00445. The van der Waals surface area contributed by atoms with Gasteiger partial charge in [0.1, 0.15) is 11.8 Å². The monoisotopic (exact) mass is 362 g/mol. The van der Waals surface area contributed by atoms with E-state index in [1.54, 1.807) is 0 Å². The molecule has 0 spiro atoms. The predicted molar refractivity (Wildman–Crippen MR) is 81.9 cm³/mol. The second-order valence-corrected chi connectivity index (χ2v) is 8.00. The molecule has 7 nitrogen and oxygen atoms in total. The van der Waals surface area contributed by atoms with E-state index in [0.717, 1.165) is 17.0 Å². The normalized spacial score (nSPS) is 23.5. The van der Waals surface area contributed by atoms with Crippen molar-refractivity contribution >= 4 is 27.3 Å². The van der Waals surface area contributed by atoms with E-state index in [-0.39, 0.29) is 49.1 Å². The van der Waals surface area contributed by atoms with Crippen LogP contribution in [-0.4, -0.2) is 63.5 Å². The zero-order valence-electron chi connectivity index (χ0n) is 12.6. The van der Waals surface area contributed by atoms with Crippen LogP contribution in [0.4, 0.5) is 25.0 Å². The summed E-state index contributed by atoms with van der Waals surface area (Å²) in [6.45, 7) is -0.370. The van der Waals surface area contributed by atoms with E-state index in [1.165, 1.54) is 4.90 Å². The molecule has 0 aromatic heterocycles. The van der Waals surface area contributed by atoms with Crippen LogP contribution >= 0.6 is 0 Å². The zero-order valence-corrected chi connectivity index (χ0v) is 13.4. The highest BCUT2D eigenvalue weighted by Gasteiger charge is 2.33. The lowest BCUT2D eigenvalue weighted by Crippen LogP contribution is -2.41. The Morgan fingerprint density at radius 1 is 1.21 bits per heavy atom. The average molecular weight is 362 g/mol. The first-order valence-electron chi connectivity index (χ1n) is 7.34. The molecule has 0 radical (unpaired) electrons. The quantitative estimate of drug-likeness (QED) is 0.844. The Balaban J connectivity index is 1.86. The Hall–Kier alpha value is -1.94. The largest absolute Gasteiger partial charge is 0.441 e. The molecule has 1 atom stereocenters. The number of rotatable bonds is 3. The van der Waals surface area contributed by atoms with Crippen molar-refractivity contribution < 1.29 is 31.8 Å². The second-order valence-electron chi connectivity index (χ2n) is 5.70. The molecule has 24 heavy (non-hydrogen) atoms. The van der Waals surface area contributed by atoms with Crippen molar-refractivity contribution in [1.82, 2.24) is 0 Å². The highest BCUT2D eigenvalue weighted by atomic mass is 32.2. The van der Waals surface area contributed by atoms with Gasteiger partial charge in [-0.1, -0.05) is 0 Å². The number of nitrogens with zero attached hydrogens (tertiary/aromatic N) is 2. The minimum Gasteiger partial charge on any atom is -0.441 e. The van der Waals surface area contributed by atoms with E-state index in [1.807, 2.05) is 0 Å². The highest BCUT2D eigenvalue weighted by molar-refractivity contribution is 7.91. The number of carbonyl (C=O) groups excluding carboxylic acids is 1. The van der Waals surface area contributed by atoms with Crippen molar-refractivity contribution in [2.75, 3.05) is 47.5 Å².